The van der Waals surface area contributed by atoms with Gasteiger partial charge < -0.3 is 0 Å². The van der Waals surface area contributed by atoms with Crippen LogP contribution in [0, 0.1) is 13.8 Å². The Bertz CT molecular complexity index is 1330. The van der Waals surface area contributed by atoms with Crippen LogP contribution in [0.25, 0.3) is 0 Å². The van der Waals surface area contributed by atoms with Crippen molar-refractivity contribution in [3.8, 4) is 0 Å². The van der Waals surface area contributed by atoms with Crippen molar-refractivity contribution in [3.63, 3.8) is 0 Å². The molecule has 3 aromatic carbocycles. The molecule has 0 bridgehead atoms. The van der Waals surface area contributed by atoms with Crippen molar-refractivity contribution in [3.05, 3.63) is 100 Å². The van der Waals surface area contributed by atoms with Crippen LogP contribution in [0.5, 0.6) is 0 Å². The molecule has 0 radical (unpaired) electrons. The van der Waals surface area contributed by atoms with E-state index in [9.17, 15) is 13.2 Å². The third-order valence-electron chi connectivity index (χ3n) is 7.25. The second-order valence-electron chi connectivity index (χ2n) is 10.5. The maximum Gasteiger partial charge on any atom is 0.243 e. The Morgan fingerprint density at radius 2 is 1.57 bits per heavy atom. The van der Waals surface area contributed by atoms with E-state index < -0.39 is 10.0 Å². The first-order valence-corrected chi connectivity index (χ1v) is 14.6. The number of carbonyl (C=O) groups is 1. The molecular weight excluding hydrogens is 480 g/mol. The topological polar surface area (TPSA) is 57.7 Å². The van der Waals surface area contributed by atoms with Gasteiger partial charge in [0.15, 0.2) is 5.78 Å². The predicted octanol–water partition coefficient (Wildman–Crippen LogP) is 5.92. The van der Waals surface area contributed by atoms with Crippen molar-refractivity contribution in [2.75, 3.05) is 13.1 Å². The molecule has 5 nitrogen and oxygen atoms in total. The molecule has 4 rings (SSSR count). The Balaban J connectivity index is 1.35. The number of rotatable bonds is 10. The number of benzene rings is 3. The van der Waals surface area contributed by atoms with Crippen LogP contribution < -0.4 is 0 Å². The van der Waals surface area contributed by atoms with Gasteiger partial charge in [0, 0.05) is 37.7 Å². The summed E-state index contributed by atoms with van der Waals surface area (Å²) in [6.45, 7) is 10.9. The van der Waals surface area contributed by atoms with Crippen molar-refractivity contribution in [1.29, 1.82) is 0 Å². The van der Waals surface area contributed by atoms with E-state index in [1.165, 1.54) is 15.4 Å². The number of Topliss-reactive ketones (excluding diaryl/α,β-unsaturated/α-hetero) is 1. The van der Waals surface area contributed by atoms with Gasteiger partial charge >= 0.3 is 0 Å². The lowest BCUT2D eigenvalue weighted by Gasteiger charge is -2.28. The van der Waals surface area contributed by atoms with Gasteiger partial charge in [-0.3, -0.25) is 9.69 Å². The third kappa shape index (κ3) is 6.75. The van der Waals surface area contributed by atoms with Crippen LogP contribution in [-0.2, 0) is 29.5 Å². The van der Waals surface area contributed by atoms with Gasteiger partial charge in [0.1, 0.15) is 0 Å². The standard InChI is InChI=1S/C31H38N2O3S/c1-23(2)32(21-26-11-7-24(3)8-12-26)18-5-6-31(34)28-13-14-29-22-33(19-17-27(29)20-28)37(35,36)30-15-9-25(4)10-16-30/h7-16,20,23H,5-6,17-19,21-22H2,1-4H3. The third-order valence-corrected chi connectivity index (χ3v) is 9.11. The number of fused-ring (bicyclic) bond motifs is 1. The summed E-state index contributed by atoms with van der Waals surface area (Å²) in [4.78, 5) is 15.7. The van der Waals surface area contributed by atoms with E-state index in [0.29, 0.717) is 36.9 Å². The first-order chi connectivity index (χ1) is 17.6. The van der Waals surface area contributed by atoms with Crippen molar-refractivity contribution in [1.82, 2.24) is 9.21 Å². The Kier molecular flexibility index (Phi) is 8.63. The number of carbonyl (C=O) groups excluding carboxylic acids is 1. The molecule has 196 valence electrons. The zero-order valence-corrected chi connectivity index (χ0v) is 23.2. The lowest BCUT2D eigenvalue weighted by atomic mass is 9.96. The molecule has 0 spiro atoms. The maximum absolute atomic E-state index is 13.1. The molecule has 0 saturated carbocycles. The predicted molar refractivity (Wildman–Crippen MR) is 149 cm³/mol. The zero-order chi connectivity index (χ0) is 26.6. The Hall–Kier alpha value is -2.80. The van der Waals surface area contributed by atoms with Gasteiger partial charge in [0.25, 0.3) is 0 Å². The normalized spacial score (nSPS) is 14.2. The van der Waals surface area contributed by atoms with Crippen LogP contribution in [0.2, 0.25) is 0 Å². The molecule has 0 atom stereocenters. The summed E-state index contributed by atoms with van der Waals surface area (Å²) in [5, 5.41) is 0. The molecule has 0 aliphatic carbocycles. The smallest absolute Gasteiger partial charge is 0.243 e. The summed E-state index contributed by atoms with van der Waals surface area (Å²) < 4.78 is 27.7. The molecule has 0 aromatic heterocycles. The lowest BCUT2D eigenvalue weighted by molar-refractivity contribution is 0.0970. The summed E-state index contributed by atoms with van der Waals surface area (Å²) in [5.74, 6) is 0.150. The highest BCUT2D eigenvalue weighted by atomic mass is 32.2. The Labute approximate surface area is 222 Å². The molecule has 37 heavy (non-hydrogen) atoms. The number of sulfonamides is 1. The second kappa shape index (κ2) is 11.7. The van der Waals surface area contributed by atoms with Crippen LogP contribution in [0.3, 0.4) is 0 Å². The van der Waals surface area contributed by atoms with E-state index in [-0.39, 0.29) is 5.78 Å². The van der Waals surface area contributed by atoms with E-state index in [1.54, 1.807) is 12.1 Å². The summed E-state index contributed by atoms with van der Waals surface area (Å²) in [7, 11) is -3.54. The van der Waals surface area contributed by atoms with Gasteiger partial charge in [-0.05, 0) is 82.0 Å². The van der Waals surface area contributed by atoms with E-state index in [4.69, 9.17) is 0 Å². The highest BCUT2D eigenvalue weighted by molar-refractivity contribution is 7.89. The molecule has 1 heterocycles. The zero-order valence-electron chi connectivity index (χ0n) is 22.4. The Morgan fingerprint density at radius 3 is 2.22 bits per heavy atom. The van der Waals surface area contributed by atoms with Crippen LogP contribution in [0.4, 0.5) is 0 Å². The average Bonchev–Trinajstić information content (AvgIpc) is 2.88. The van der Waals surface area contributed by atoms with Crippen LogP contribution in [0.1, 0.15) is 64.9 Å². The van der Waals surface area contributed by atoms with Crippen LogP contribution >= 0.6 is 0 Å². The number of hydrogen-bond acceptors (Lipinski definition) is 4. The summed E-state index contributed by atoms with van der Waals surface area (Å²) in [5.41, 5.74) is 6.35. The lowest BCUT2D eigenvalue weighted by Crippen LogP contribution is -2.36. The number of hydrogen-bond donors (Lipinski definition) is 0. The van der Waals surface area contributed by atoms with Gasteiger partial charge in [-0.25, -0.2) is 8.42 Å². The fourth-order valence-corrected chi connectivity index (χ4v) is 6.22. The van der Waals surface area contributed by atoms with Gasteiger partial charge in [-0.2, -0.15) is 4.31 Å². The fraction of sp³-hybridized carbons (Fsp3) is 0.387. The number of nitrogens with zero attached hydrogens (tertiary/aromatic N) is 2. The molecule has 0 N–H and O–H groups in total. The minimum atomic E-state index is -3.54. The highest BCUT2D eigenvalue weighted by Crippen LogP contribution is 2.26. The minimum absolute atomic E-state index is 0.150. The van der Waals surface area contributed by atoms with Crippen molar-refractivity contribution < 1.29 is 13.2 Å². The molecule has 0 saturated heterocycles. The number of aryl methyl sites for hydroxylation is 2. The van der Waals surface area contributed by atoms with Gasteiger partial charge in [0.2, 0.25) is 10.0 Å². The second-order valence-corrected chi connectivity index (χ2v) is 12.4. The average molecular weight is 519 g/mol. The van der Waals surface area contributed by atoms with E-state index in [2.05, 4.69) is 49.9 Å². The summed E-state index contributed by atoms with van der Waals surface area (Å²) in [6, 6.07) is 21.8. The van der Waals surface area contributed by atoms with Gasteiger partial charge in [-0.1, -0.05) is 59.7 Å². The van der Waals surface area contributed by atoms with Crippen molar-refractivity contribution in [2.45, 2.75) is 71.0 Å². The SMILES string of the molecule is Cc1ccc(CN(CCCC(=O)c2ccc3c(c2)CCN(S(=O)(=O)c2ccc(C)cc2)C3)C(C)C)cc1. The quantitative estimate of drug-likeness (QED) is 0.313. The van der Waals surface area contributed by atoms with Crippen LogP contribution in [0.15, 0.2) is 71.6 Å². The number of ketones is 1. The Morgan fingerprint density at radius 1 is 0.919 bits per heavy atom. The molecule has 0 amide bonds. The fourth-order valence-electron chi connectivity index (χ4n) is 4.80. The van der Waals surface area contributed by atoms with Crippen molar-refractivity contribution >= 4 is 15.8 Å². The van der Waals surface area contributed by atoms with Gasteiger partial charge in [0.05, 0.1) is 4.90 Å². The molecule has 6 heteroatoms. The van der Waals surface area contributed by atoms with Crippen molar-refractivity contribution in [2.24, 2.45) is 0 Å². The first kappa shape index (κ1) is 27.2. The highest BCUT2D eigenvalue weighted by Gasteiger charge is 2.28. The maximum atomic E-state index is 13.1. The molecule has 1 aliphatic rings. The summed E-state index contributed by atoms with van der Waals surface area (Å²) >= 11 is 0. The van der Waals surface area contributed by atoms with E-state index in [1.807, 2.05) is 37.3 Å². The van der Waals surface area contributed by atoms with E-state index in [0.717, 1.165) is 41.8 Å². The first-order valence-electron chi connectivity index (χ1n) is 13.1. The minimum Gasteiger partial charge on any atom is -0.297 e. The van der Waals surface area contributed by atoms with Crippen LogP contribution in [-0.4, -0.2) is 42.5 Å². The monoisotopic (exact) mass is 518 g/mol. The molecule has 3 aromatic rings. The molecule has 1 aliphatic heterocycles. The molecule has 0 fully saturated rings. The van der Waals surface area contributed by atoms with Gasteiger partial charge in [-0.15, -0.1) is 0 Å². The largest absolute Gasteiger partial charge is 0.297 e. The summed E-state index contributed by atoms with van der Waals surface area (Å²) in [6.07, 6.45) is 1.92. The molecular formula is C31H38N2O3S. The molecule has 0 unspecified atom stereocenters. The van der Waals surface area contributed by atoms with E-state index >= 15 is 0 Å².